The molecule has 11 nitrogen and oxygen atoms in total. The molecule has 1 saturated heterocycles. The zero-order valence-corrected chi connectivity index (χ0v) is 24.8. The Balaban J connectivity index is 0.000000314. The molecule has 0 amide bonds. The molecule has 6 N–H and O–H groups in total. The van der Waals surface area contributed by atoms with Gasteiger partial charge in [-0.3, -0.25) is 10.1 Å². The number of alkyl halides is 6. The van der Waals surface area contributed by atoms with Crippen molar-refractivity contribution in [2.45, 2.75) is 37.8 Å². The van der Waals surface area contributed by atoms with Gasteiger partial charge in [-0.1, -0.05) is 54.6 Å². The molecule has 3 aromatic heterocycles. The van der Waals surface area contributed by atoms with E-state index in [2.05, 4.69) is 80.8 Å². The third-order valence-electron chi connectivity index (χ3n) is 7.04. The van der Waals surface area contributed by atoms with Crippen LogP contribution in [0.4, 0.5) is 26.3 Å². The molecule has 252 valence electrons. The van der Waals surface area contributed by atoms with E-state index >= 15 is 0 Å². The molecular formula is C31H27F6N7O4. The monoisotopic (exact) mass is 675 g/mol. The van der Waals surface area contributed by atoms with Crippen molar-refractivity contribution in [2.24, 2.45) is 0 Å². The van der Waals surface area contributed by atoms with E-state index in [0.29, 0.717) is 11.9 Å². The summed E-state index contributed by atoms with van der Waals surface area (Å²) in [6, 6.07) is 23.4. The zero-order chi connectivity index (χ0) is 35.1. The summed E-state index contributed by atoms with van der Waals surface area (Å²) in [5.74, 6) is -4.47. The van der Waals surface area contributed by atoms with Gasteiger partial charge in [-0.05, 0) is 17.7 Å². The number of hydrogen-bond donors (Lipinski definition) is 3. The molecule has 17 heteroatoms. The summed E-state index contributed by atoms with van der Waals surface area (Å²) in [6.45, 7) is 1.90. The normalized spacial score (nSPS) is 14.4. The molecule has 4 heterocycles. The molecule has 1 aliphatic heterocycles. The number of hydrogen-bond acceptors (Lipinski definition) is 8. The fraction of sp³-hybridized carbons (Fsp3) is 0.226. The molecular weight excluding hydrogens is 648 g/mol. The molecule has 1 unspecified atom stereocenters. The molecule has 1 atom stereocenters. The van der Waals surface area contributed by atoms with Crippen molar-refractivity contribution in [2.75, 3.05) is 6.54 Å². The number of carbonyl (C=O) groups is 2. The molecule has 0 radical (unpaired) electrons. The Kier molecular flexibility index (Phi) is 11.1. The number of pyridine rings is 2. The molecule has 0 spiro atoms. The molecule has 5 aromatic rings. The molecule has 6 rings (SSSR count). The van der Waals surface area contributed by atoms with E-state index in [1.54, 1.807) is 6.20 Å². The highest BCUT2D eigenvalue weighted by molar-refractivity contribution is 5.97. The summed E-state index contributed by atoms with van der Waals surface area (Å²) in [6.07, 6.45) is -6.27. The van der Waals surface area contributed by atoms with Crippen molar-refractivity contribution >= 4 is 22.8 Å². The number of rotatable bonds is 5. The van der Waals surface area contributed by atoms with Gasteiger partial charge in [-0.15, -0.1) is 0 Å². The average molecular weight is 676 g/mol. The van der Waals surface area contributed by atoms with Gasteiger partial charge in [0.2, 0.25) is 5.82 Å². The van der Waals surface area contributed by atoms with Gasteiger partial charge in [-0.25, -0.2) is 9.97 Å². The third kappa shape index (κ3) is 8.89. The number of carboxylic acids is 2. The summed E-state index contributed by atoms with van der Waals surface area (Å²) >= 11 is 0. The van der Waals surface area contributed by atoms with Crippen LogP contribution in [0.1, 0.15) is 30.3 Å². The molecule has 1 aliphatic rings. The van der Waals surface area contributed by atoms with E-state index in [-0.39, 0.29) is 0 Å². The van der Waals surface area contributed by atoms with Crippen LogP contribution in [0.5, 0.6) is 0 Å². The first-order valence-corrected chi connectivity index (χ1v) is 14.2. The zero-order valence-electron chi connectivity index (χ0n) is 24.8. The van der Waals surface area contributed by atoms with Crippen LogP contribution in [0, 0.1) is 0 Å². The standard InChI is InChI=1S/C27H25N7.2C2HF3O2/c28-16-17-8-10-19(11-9-17)24-20(18-5-2-1-3-6-18)15-21-22(31-24)12-14-30-25(21)27-32-26(33-34-27)23-7-4-13-29-23;2*3-2(4,5)1(6)7/h1-3,5-6,8-12,14-15,23,29H,4,7,13,16,28H2,(H,32,33,34);2*(H,6,7). The Bertz CT molecular complexity index is 1830. The second-order valence-electron chi connectivity index (χ2n) is 10.3. The van der Waals surface area contributed by atoms with E-state index in [4.69, 9.17) is 29.8 Å². The molecule has 1 fully saturated rings. The van der Waals surface area contributed by atoms with Gasteiger partial charge >= 0.3 is 12.4 Å². The summed E-state index contributed by atoms with van der Waals surface area (Å²) in [7, 11) is 0. The number of nitrogens with zero attached hydrogens (tertiary/aromatic N) is 4. The predicted molar refractivity (Wildman–Crippen MR) is 153 cm³/mol. The quantitative estimate of drug-likeness (QED) is 0.233. The van der Waals surface area contributed by atoms with Crippen molar-refractivity contribution < 1.29 is 57.2 Å². The summed E-state index contributed by atoms with van der Waals surface area (Å²) in [4.78, 5) is 32.2. The third-order valence-corrected chi connectivity index (χ3v) is 7.04. The summed E-state index contributed by atoms with van der Waals surface area (Å²) in [5, 5.41) is 28.5. The number of H-pyrrole nitrogens is 1. The smallest absolute Gasteiger partial charge is 0.430 e. The van der Waals surface area contributed by atoms with Gasteiger partial charge in [-0.2, -0.15) is 31.4 Å². The molecule has 0 aliphatic carbocycles. The van der Waals surface area contributed by atoms with E-state index in [0.717, 1.165) is 64.3 Å². The Labute approximate surface area is 267 Å². The van der Waals surface area contributed by atoms with Crippen LogP contribution in [0.25, 0.3) is 44.8 Å². The Morgan fingerprint density at radius 1 is 0.875 bits per heavy atom. The van der Waals surface area contributed by atoms with Crippen LogP contribution in [0.2, 0.25) is 0 Å². The van der Waals surface area contributed by atoms with Gasteiger partial charge < -0.3 is 30.9 Å². The lowest BCUT2D eigenvalue weighted by Crippen LogP contribution is -2.82. The first-order valence-electron chi connectivity index (χ1n) is 14.2. The van der Waals surface area contributed by atoms with Crippen LogP contribution >= 0.6 is 0 Å². The van der Waals surface area contributed by atoms with Crippen molar-refractivity contribution in [1.29, 1.82) is 0 Å². The first kappa shape index (κ1) is 35.4. The summed E-state index contributed by atoms with van der Waals surface area (Å²) < 4.78 is 63.1. The largest absolute Gasteiger partial charge is 0.542 e. The van der Waals surface area contributed by atoms with Crippen LogP contribution in [-0.4, -0.2) is 56.0 Å². The van der Waals surface area contributed by atoms with Crippen molar-refractivity contribution in [3.63, 3.8) is 0 Å². The highest BCUT2D eigenvalue weighted by Crippen LogP contribution is 2.36. The van der Waals surface area contributed by atoms with Gasteiger partial charge in [0.1, 0.15) is 23.7 Å². The number of aromatic amines is 1. The predicted octanol–water partition coefficient (Wildman–Crippen LogP) is 1.49. The minimum Gasteiger partial charge on any atom is -0.542 e. The molecule has 2 aromatic carbocycles. The minimum atomic E-state index is -5.19. The minimum absolute atomic E-state index is 0.349. The Morgan fingerprint density at radius 2 is 1.50 bits per heavy atom. The number of nitrogens with two attached hydrogens (primary N) is 1. The first-order chi connectivity index (χ1) is 22.7. The number of nitrogens with one attached hydrogen (secondary N) is 1. The van der Waals surface area contributed by atoms with Gasteiger partial charge in [0, 0.05) is 41.1 Å². The highest BCUT2D eigenvalue weighted by Gasteiger charge is 2.29. The van der Waals surface area contributed by atoms with E-state index in [1.165, 1.54) is 12.0 Å². The second-order valence-corrected chi connectivity index (χ2v) is 10.3. The fourth-order valence-corrected chi connectivity index (χ4v) is 4.73. The van der Waals surface area contributed by atoms with Crippen LogP contribution in [0.15, 0.2) is 72.9 Å². The Hall–Kier alpha value is -5.42. The maximum Gasteiger partial charge on any atom is 0.430 e. The van der Waals surface area contributed by atoms with E-state index in [9.17, 15) is 26.3 Å². The lowest BCUT2D eigenvalue weighted by atomic mass is 9.96. The maximum absolute atomic E-state index is 10.5. The number of quaternary nitrogens is 2. The maximum atomic E-state index is 10.5. The van der Waals surface area contributed by atoms with Crippen LogP contribution in [-0.2, 0) is 16.1 Å². The molecule has 0 saturated carbocycles. The average Bonchev–Trinajstić information content (AvgIpc) is 3.77. The van der Waals surface area contributed by atoms with E-state index in [1.807, 2.05) is 12.1 Å². The molecule has 48 heavy (non-hydrogen) atoms. The fourth-order valence-electron chi connectivity index (χ4n) is 4.73. The topological polar surface area (TPSA) is 192 Å². The van der Waals surface area contributed by atoms with Gasteiger partial charge in [0.05, 0.1) is 24.3 Å². The van der Waals surface area contributed by atoms with Gasteiger partial charge in [0.25, 0.3) is 0 Å². The SMILES string of the molecule is O=C([O-])C(F)(F)F.O=C([O-])C(F)(F)F.[NH3+]Cc1ccc(-c2nc3ccnc(-c4n[nH]c(C5CCC[NH2+]5)n4)c3cc2-c2ccccc2)cc1. The summed E-state index contributed by atoms with van der Waals surface area (Å²) in [5.41, 5.74) is 11.0. The van der Waals surface area contributed by atoms with Crippen LogP contribution in [0.3, 0.4) is 0 Å². The van der Waals surface area contributed by atoms with Crippen molar-refractivity contribution in [3.05, 3.63) is 84.3 Å². The van der Waals surface area contributed by atoms with E-state index < -0.39 is 24.3 Å². The number of carboxylic acid groups (broad SMARTS) is 2. The van der Waals surface area contributed by atoms with Crippen molar-refractivity contribution in [1.82, 2.24) is 25.1 Å². The van der Waals surface area contributed by atoms with Crippen LogP contribution < -0.4 is 21.3 Å². The lowest BCUT2D eigenvalue weighted by Gasteiger charge is -2.13. The molecule has 0 bridgehead atoms. The Morgan fingerprint density at radius 3 is 2.04 bits per heavy atom. The lowest BCUT2D eigenvalue weighted by molar-refractivity contribution is -0.677. The highest BCUT2D eigenvalue weighted by atomic mass is 19.4. The number of halogens is 6. The van der Waals surface area contributed by atoms with Gasteiger partial charge in [0.15, 0.2) is 5.82 Å². The van der Waals surface area contributed by atoms with Crippen molar-refractivity contribution in [3.8, 4) is 33.9 Å². The number of fused-ring (bicyclic) bond motifs is 1. The second kappa shape index (κ2) is 15.0. The number of aromatic nitrogens is 5. The number of aliphatic carboxylic acids is 2. The number of benzene rings is 2. The number of carbonyl (C=O) groups excluding carboxylic acids is 2.